The predicted molar refractivity (Wildman–Crippen MR) is 65.0 cm³/mol. The molecule has 5 nitrogen and oxygen atoms in total. The molecule has 92 valence electrons. The first-order chi connectivity index (χ1) is 8.00. The van der Waals surface area contributed by atoms with E-state index < -0.39 is 0 Å². The van der Waals surface area contributed by atoms with Crippen molar-refractivity contribution < 1.29 is 9.53 Å². The van der Waals surface area contributed by atoms with Gasteiger partial charge in [0.05, 0.1) is 29.6 Å². The summed E-state index contributed by atoms with van der Waals surface area (Å²) in [5.74, 6) is -0.275. The van der Waals surface area contributed by atoms with Gasteiger partial charge in [0.15, 0.2) is 0 Å². The highest BCUT2D eigenvalue weighted by atomic mass is 35.5. The summed E-state index contributed by atoms with van der Waals surface area (Å²) in [6.07, 6.45) is 2.20. The lowest BCUT2D eigenvalue weighted by atomic mass is 10.0. The van der Waals surface area contributed by atoms with Gasteiger partial charge in [-0.05, 0) is 19.4 Å². The van der Waals surface area contributed by atoms with Crippen LogP contribution in [0, 0.1) is 0 Å². The first-order valence-corrected chi connectivity index (χ1v) is 5.69. The lowest BCUT2D eigenvalue weighted by Gasteiger charge is -2.23. The quantitative estimate of drug-likeness (QED) is 0.779. The van der Waals surface area contributed by atoms with E-state index in [-0.39, 0.29) is 16.6 Å². The van der Waals surface area contributed by atoms with E-state index in [9.17, 15) is 4.79 Å². The molecule has 1 aliphatic rings. The second kappa shape index (κ2) is 4.50. The fraction of sp³-hybridized carbons (Fsp3) is 0.455. The Morgan fingerprint density at radius 3 is 3.12 bits per heavy atom. The highest BCUT2D eigenvalue weighted by Crippen LogP contribution is 2.20. The third kappa shape index (κ3) is 2.68. The SMILES string of the molecule is CC1(NC(=O)c2cc(N)cnc2Cl)CCOC1. The maximum atomic E-state index is 12.0. The van der Waals surface area contributed by atoms with Gasteiger partial charge in [0.2, 0.25) is 0 Å². The number of aromatic nitrogens is 1. The first-order valence-electron chi connectivity index (χ1n) is 5.31. The summed E-state index contributed by atoms with van der Waals surface area (Å²) in [5, 5.41) is 3.05. The molecule has 1 amide bonds. The zero-order valence-corrected chi connectivity index (χ0v) is 10.3. The Labute approximate surface area is 104 Å². The lowest BCUT2D eigenvalue weighted by molar-refractivity contribution is 0.0889. The van der Waals surface area contributed by atoms with Crippen LogP contribution in [0.4, 0.5) is 5.69 Å². The van der Waals surface area contributed by atoms with Gasteiger partial charge in [0.25, 0.3) is 5.91 Å². The number of nitrogens with one attached hydrogen (secondary N) is 1. The van der Waals surface area contributed by atoms with E-state index in [0.29, 0.717) is 24.5 Å². The van der Waals surface area contributed by atoms with Gasteiger partial charge in [-0.25, -0.2) is 4.98 Å². The minimum absolute atomic E-state index is 0.152. The molecule has 1 atom stereocenters. The molecular weight excluding hydrogens is 242 g/mol. The smallest absolute Gasteiger partial charge is 0.254 e. The zero-order valence-electron chi connectivity index (χ0n) is 9.50. The molecule has 1 aliphatic heterocycles. The van der Waals surface area contributed by atoms with Crippen molar-refractivity contribution in [1.82, 2.24) is 10.3 Å². The number of pyridine rings is 1. The molecule has 0 radical (unpaired) electrons. The third-order valence-electron chi connectivity index (χ3n) is 2.74. The molecule has 1 aromatic rings. The number of nitrogen functional groups attached to an aromatic ring is 1. The molecule has 2 heterocycles. The number of amides is 1. The van der Waals surface area contributed by atoms with E-state index in [1.54, 1.807) is 0 Å². The van der Waals surface area contributed by atoms with Crippen molar-refractivity contribution in [3.05, 3.63) is 23.0 Å². The van der Waals surface area contributed by atoms with Gasteiger partial charge in [0, 0.05) is 6.61 Å². The molecule has 0 spiro atoms. The highest BCUT2D eigenvalue weighted by molar-refractivity contribution is 6.32. The van der Waals surface area contributed by atoms with Crippen LogP contribution in [0.5, 0.6) is 0 Å². The Morgan fingerprint density at radius 1 is 1.71 bits per heavy atom. The van der Waals surface area contributed by atoms with Gasteiger partial charge in [-0.2, -0.15) is 0 Å². The van der Waals surface area contributed by atoms with Crippen molar-refractivity contribution in [2.45, 2.75) is 18.9 Å². The standard InChI is InChI=1S/C11H14ClN3O2/c1-11(2-3-17-6-11)15-10(16)8-4-7(13)5-14-9(8)12/h4-5H,2-3,6,13H2,1H3,(H,15,16). The topological polar surface area (TPSA) is 77.2 Å². The molecule has 1 aromatic heterocycles. The number of halogens is 1. The van der Waals surface area contributed by atoms with E-state index in [4.69, 9.17) is 22.1 Å². The summed E-state index contributed by atoms with van der Waals surface area (Å²) >= 11 is 5.86. The fourth-order valence-corrected chi connectivity index (χ4v) is 1.92. The molecular formula is C11H14ClN3O2. The molecule has 3 N–H and O–H groups in total. The number of nitrogens with zero attached hydrogens (tertiary/aromatic N) is 1. The van der Waals surface area contributed by atoms with Gasteiger partial charge in [-0.15, -0.1) is 0 Å². The van der Waals surface area contributed by atoms with Crippen LogP contribution < -0.4 is 11.1 Å². The minimum Gasteiger partial charge on any atom is -0.397 e. The van der Waals surface area contributed by atoms with Gasteiger partial charge < -0.3 is 15.8 Å². The number of carbonyl (C=O) groups excluding carboxylic acids is 1. The summed E-state index contributed by atoms with van der Waals surface area (Å²) in [5.41, 5.74) is 5.94. The normalized spacial score (nSPS) is 23.6. The molecule has 0 saturated carbocycles. The number of hydrogen-bond acceptors (Lipinski definition) is 4. The second-order valence-electron chi connectivity index (χ2n) is 4.42. The summed E-state index contributed by atoms with van der Waals surface area (Å²) in [7, 11) is 0. The zero-order chi connectivity index (χ0) is 12.5. The number of ether oxygens (including phenoxy) is 1. The van der Waals surface area contributed by atoms with Crippen molar-refractivity contribution in [1.29, 1.82) is 0 Å². The van der Waals surface area contributed by atoms with Gasteiger partial charge in [-0.3, -0.25) is 4.79 Å². The number of anilines is 1. The Balaban J connectivity index is 2.17. The highest BCUT2D eigenvalue weighted by Gasteiger charge is 2.32. The summed E-state index contributed by atoms with van der Waals surface area (Å²) in [6, 6.07) is 1.52. The van der Waals surface area contributed by atoms with Crippen LogP contribution in [0.2, 0.25) is 5.15 Å². The number of rotatable bonds is 2. The maximum absolute atomic E-state index is 12.0. The predicted octanol–water partition coefficient (Wildman–Crippen LogP) is 1.23. The van der Waals surface area contributed by atoms with Crippen molar-refractivity contribution >= 4 is 23.2 Å². The van der Waals surface area contributed by atoms with E-state index >= 15 is 0 Å². The van der Waals surface area contributed by atoms with Crippen LogP contribution in [0.1, 0.15) is 23.7 Å². The minimum atomic E-state index is -0.342. The van der Waals surface area contributed by atoms with E-state index in [1.165, 1.54) is 12.3 Å². The Hall–Kier alpha value is -1.33. The van der Waals surface area contributed by atoms with Crippen LogP contribution in [0.15, 0.2) is 12.3 Å². The van der Waals surface area contributed by atoms with Gasteiger partial charge in [0.1, 0.15) is 5.15 Å². The third-order valence-corrected chi connectivity index (χ3v) is 3.04. The monoisotopic (exact) mass is 255 g/mol. The van der Waals surface area contributed by atoms with Crippen molar-refractivity contribution in [3.63, 3.8) is 0 Å². The molecule has 1 fully saturated rings. The summed E-state index contributed by atoms with van der Waals surface area (Å²) in [6.45, 7) is 3.09. The summed E-state index contributed by atoms with van der Waals surface area (Å²) in [4.78, 5) is 15.9. The molecule has 2 rings (SSSR count). The molecule has 1 saturated heterocycles. The van der Waals surface area contributed by atoms with Gasteiger partial charge >= 0.3 is 0 Å². The molecule has 0 aliphatic carbocycles. The Bertz CT molecular complexity index is 444. The average Bonchev–Trinajstić information content (AvgIpc) is 2.68. The Kier molecular flexibility index (Phi) is 3.22. The average molecular weight is 256 g/mol. The van der Waals surface area contributed by atoms with Crippen LogP contribution >= 0.6 is 11.6 Å². The van der Waals surface area contributed by atoms with E-state index in [1.807, 2.05) is 6.92 Å². The van der Waals surface area contributed by atoms with Crippen molar-refractivity contribution in [2.24, 2.45) is 0 Å². The fourth-order valence-electron chi connectivity index (χ4n) is 1.73. The van der Waals surface area contributed by atoms with Crippen LogP contribution in [0.3, 0.4) is 0 Å². The maximum Gasteiger partial charge on any atom is 0.254 e. The summed E-state index contributed by atoms with van der Waals surface area (Å²) < 4.78 is 5.26. The molecule has 6 heteroatoms. The number of carbonyl (C=O) groups is 1. The van der Waals surface area contributed by atoms with E-state index in [0.717, 1.165) is 6.42 Å². The van der Waals surface area contributed by atoms with Crippen LogP contribution in [-0.2, 0) is 4.74 Å². The van der Waals surface area contributed by atoms with E-state index in [2.05, 4.69) is 10.3 Å². The van der Waals surface area contributed by atoms with Gasteiger partial charge in [-0.1, -0.05) is 11.6 Å². The first kappa shape index (κ1) is 12.1. The van der Waals surface area contributed by atoms with Crippen molar-refractivity contribution in [3.8, 4) is 0 Å². The largest absolute Gasteiger partial charge is 0.397 e. The van der Waals surface area contributed by atoms with Crippen LogP contribution in [0.25, 0.3) is 0 Å². The Morgan fingerprint density at radius 2 is 2.47 bits per heavy atom. The molecule has 0 aromatic carbocycles. The number of nitrogens with two attached hydrogens (primary N) is 1. The second-order valence-corrected chi connectivity index (χ2v) is 4.78. The number of hydrogen-bond donors (Lipinski definition) is 2. The van der Waals surface area contributed by atoms with Crippen molar-refractivity contribution in [2.75, 3.05) is 18.9 Å². The molecule has 17 heavy (non-hydrogen) atoms. The lowest BCUT2D eigenvalue weighted by Crippen LogP contribution is -2.46. The van der Waals surface area contributed by atoms with Crippen LogP contribution in [-0.4, -0.2) is 29.6 Å². The molecule has 1 unspecified atom stereocenters. The molecule has 0 bridgehead atoms.